The number of aliphatic hydroxyl groups excluding tert-OH is 6. The number of nitrogens with two attached hydrogens (primary N) is 5. The predicted molar refractivity (Wildman–Crippen MR) is 176 cm³/mol. The summed E-state index contributed by atoms with van der Waals surface area (Å²) in [5.74, 6) is 1.02. The van der Waals surface area contributed by atoms with Crippen LogP contribution in [0.25, 0.3) is 0 Å². The Kier molecular flexibility index (Phi) is 13.1. The van der Waals surface area contributed by atoms with Crippen molar-refractivity contribution in [1.29, 1.82) is 0 Å². The third-order valence-electron chi connectivity index (χ3n) is 10.4. The minimum atomic E-state index is -1.62. The SMILES string of the molecule is COc1cc(OC)cc([C@@H]2OC[C@H]3O[C@H](O[C@H]4[C@H](O[C@@H]5O[C@H](CO)[C@@H](O[C@H]6O[C@@H](CN)[C@@H](O)[C@H](O)[C@H]6N)[C@H]5O)[C@@H](O)[C@H](N)C[C@@H]4N)[C@H](N)[C@@H](O)[C@@H]3O2)c1. The molecule has 1 aromatic carbocycles. The van der Waals surface area contributed by atoms with Crippen molar-refractivity contribution in [2.24, 2.45) is 28.7 Å². The molecule has 5 aliphatic rings. The maximum atomic E-state index is 11.3. The van der Waals surface area contributed by atoms with Gasteiger partial charge in [-0.1, -0.05) is 0 Å². The third-order valence-corrected chi connectivity index (χ3v) is 10.4. The van der Waals surface area contributed by atoms with Gasteiger partial charge in [0.2, 0.25) is 0 Å². The van der Waals surface area contributed by atoms with Crippen molar-refractivity contribution in [3.8, 4) is 11.5 Å². The Labute approximate surface area is 304 Å². The largest absolute Gasteiger partial charge is 0.497 e. The normalized spacial score (nSPS) is 47.6. The Hall–Kier alpha value is -1.94. The number of fused-ring (bicyclic) bond motifs is 1. The topological polar surface area (TPSA) is 344 Å². The van der Waals surface area contributed by atoms with E-state index in [0.717, 1.165) is 0 Å². The van der Waals surface area contributed by atoms with E-state index >= 15 is 0 Å². The fraction of sp³-hybridized carbons (Fsp3) is 0.812. The van der Waals surface area contributed by atoms with Crippen LogP contribution in [0.5, 0.6) is 11.5 Å². The molecule has 4 saturated heterocycles. The van der Waals surface area contributed by atoms with E-state index in [1.807, 2.05) is 0 Å². The molecule has 0 unspecified atom stereocenters. The maximum absolute atomic E-state index is 11.3. The zero-order valence-electron chi connectivity index (χ0n) is 29.3. The van der Waals surface area contributed by atoms with Crippen molar-refractivity contribution in [1.82, 2.24) is 0 Å². The highest BCUT2D eigenvalue weighted by atomic mass is 16.8. The van der Waals surface area contributed by atoms with Crippen molar-refractivity contribution in [2.75, 3.05) is 34.0 Å². The van der Waals surface area contributed by atoms with Crippen LogP contribution in [0.2, 0.25) is 0 Å². The minimum Gasteiger partial charge on any atom is -0.497 e. The molecule has 1 aromatic rings. The molecule has 0 aromatic heterocycles. The highest BCUT2D eigenvalue weighted by Crippen LogP contribution is 2.38. The molecule has 21 nitrogen and oxygen atoms in total. The molecular formula is C32H53N5O16. The molecule has 53 heavy (non-hydrogen) atoms. The smallest absolute Gasteiger partial charge is 0.187 e. The van der Waals surface area contributed by atoms with Crippen LogP contribution < -0.4 is 38.1 Å². The van der Waals surface area contributed by atoms with E-state index in [1.165, 1.54) is 14.2 Å². The van der Waals surface area contributed by atoms with Gasteiger partial charge in [-0.15, -0.1) is 0 Å². The van der Waals surface area contributed by atoms with Gasteiger partial charge < -0.3 is 107 Å². The number of methoxy groups -OCH3 is 2. The van der Waals surface area contributed by atoms with Crippen molar-refractivity contribution < 1.29 is 78.0 Å². The van der Waals surface area contributed by atoms with Gasteiger partial charge in [0.25, 0.3) is 0 Å². The summed E-state index contributed by atoms with van der Waals surface area (Å²) in [5.41, 5.74) is 31.4. The zero-order valence-corrected chi connectivity index (χ0v) is 29.3. The molecule has 0 amide bonds. The molecule has 20 atom stereocenters. The predicted octanol–water partition coefficient (Wildman–Crippen LogP) is -6.08. The second-order valence-corrected chi connectivity index (χ2v) is 13.9. The quantitative estimate of drug-likeness (QED) is 0.0999. The molecule has 1 aliphatic carbocycles. The van der Waals surface area contributed by atoms with Gasteiger partial charge in [-0.05, 0) is 18.6 Å². The lowest BCUT2D eigenvalue weighted by atomic mass is 9.84. The molecule has 0 bridgehead atoms. The summed E-state index contributed by atoms with van der Waals surface area (Å²) in [4.78, 5) is 0. The van der Waals surface area contributed by atoms with Gasteiger partial charge in [-0.25, -0.2) is 0 Å². The average Bonchev–Trinajstić information content (AvgIpc) is 3.46. The molecule has 302 valence electrons. The van der Waals surface area contributed by atoms with Gasteiger partial charge in [0, 0.05) is 30.3 Å². The van der Waals surface area contributed by atoms with Crippen LogP contribution in [-0.2, 0) is 37.9 Å². The molecule has 0 radical (unpaired) electrons. The van der Waals surface area contributed by atoms with Crippen molar-refractivity contribution >= 4 is 0 Å². The first-order chi connectivity index (χ1) is 25.3. The van der Waals surface area contributed by atoms with Crippen molar-refractivity contribution in [3.63, 3.8) is 0 Å². The van der Waals surface area contributed by atoms with Crippen LogP contribution in [0, 0.1) is 0 Å². The lowest BCUT2D eigenvalue weighted by molar-refractivity contribution is -0.356. The molecule has 16 N–H and O–H groups in total. The van der Waals surface area contributed by atoms with Gasteiger partial charge in [0.15, 0.2) is 25.2 Å². The number of rotatable bonds is 11. The lowest BCUT2D eigenvalue weighted by Gasteiger charge is -2.49. The van der Waals surface area contributed by atoms with E-state index < -0.39 is 129 Å². The molecule has 6 rings (SSSR count). The first kappa shape index (κ1) is 40.7. The second kappa shape index (κ2) is 17.1. The molecular weight excluding hydrogens is 710 g/mol. The second-order valence-electron chi connectivity index (χ2n) is 13.9. The summed E-state index contributed by atoms with van der Waals surface area (Å²) in [7, 11) is 3.02. The summed E-state index contributed by atoms with van der Waals surface area (Å²) in [6.45, 7) is -0.842. The van der Waals surface area contributed by atoms with Crippen LogP contribution >= 0.6 is 0 Å². The lowest BCUT2D eigenvalue weighted by Crippen LogP contribution is -2.69. The Morgan fingerprint density at radius 2 is 1.26 bits per heavy atom. The molecule has 4 aliphatic heterocycles. The summed E-state index contributed by atoms with van der Waals surface area (Å²) in [6, 6.07) is 0.951. The number of hydrogen-bond donors (Lipinski definition) is 11. The molecule has 21 heteroatoms. The summed E-state index contributed by atoms with van der Waals surface area (Å²) in [5, 5.41) is 64.6. The molecule has 1 saturated carbocycles. The monoisotopic (exact) mass is 763 g/mol. The van der Waals surface area contributed by atoms with Gasteiger partial charge >= 0.3 is 0 Å². The van der Waals surface area contributed by atoms with Crippen LogP contribution in [0.4, 0.5) is 0 Å². The van der Waals surface area contributed by atoms with Crippen LogP contribution in [-0.4, -0.2) is 181 Å². The van der Waals surface area contributed by atoms with E-state index in [0.29, 0.717) is 17.1 Å². The standard InChI is InChI=1S/C32H53N5O16/c1-44-11-3-10(4-12(5-11)45-2)29-46-9-17-27(51-29)23(42)19(37)31(49-17)50-25-14(35)6-13(34)20(39)28(25)53-32-24(43)26(16(8-38)48-32)52-30-18(36)22(41)21(40)15(7-33)47-30/h3-5,13-32,38-43H,6-9,33-37H2,1-2H3/t13-,14+,15+,16-,17-,18-,19-,20+,21-,22-,23-,24-,25-,26-,27-,28-,29-,30-,31-,32+/m1/s1. The van der Waals surface area contributed by atoms with E-state index in [1.54, 1.807) is 18.2 Å². The number of hydrogen-bond acceptors (Lipinski definition) is 21. The van der Waals surface area contributed by atoms with E-state index in [2.05, 4.69) is 0 Å². The number of ether oxygens (including phenoxy) is 10. The highest BCUT2D eigenvalue weighted by molar-refractivity contribution is 5.39. The fourth-order valence-electron chi connectivity index (χ4n) is 7.34. The minimum absolute atomic E-state index is 0.0227. The number of benzene rings is 1. The van der Waals surface area contributed by atoms with E-state index in [9.17, 15) is 30.6 Å². The van der Waals surface area contributed by atoms with Crippen molar-refractivity contribution in [3.05, 3.63) is 23.8 Å². The molecule has 4 heterocycles. The third kappa shape index (κ3) is 8.16. The van der Waals surface area contributed by atoms with Crippen LogP contribution in [0.15, 0.2) is 18.2 Å². The molecule has 0 spiro atoms. The Morgan fingerprint density at radius 3 is 1.91 bits per heavy atom. The fourth-order valence-corrected chi connectivity index (χ4v) is 7.34. The van der Waals surface area contributed by atoms with Gasteiger partial charge in [0.05, 0.1) is 45.6 Å². The van der Waals surface area contributed by atoms with Crippen molar-refractivity contribution in [2.45, 2.75) is 129 Å². The van der Waals surface area contributed by atoms with Gasteiger partial charge in [-0.3, -0.25) is 0 Å². The summed E-state index contributed by atoms with van der Waals surface area (Å²) < 4.78 is 58.5. The summed E-state index contributed by atoms with van der Waals surface area (Å²) in [6.07, 6.45) is -20.0. The first-order valence-electron chi connectivity index (χ1n) is 17.5. The Morgan fingerprint density at radius 1 is 0.660 bits per heavy atom. The summed E-state index contributed by atoms with van der Waals surface area (Å²) >= 11 is 0. The number of aliphatic hydroxyl groups is 6. The van der Waals surface area contributed by atoms with E-state index in [-0.39, 0.29) is 19.6 Å². The Balaban J connectivity index is 1.14. The zero-order chi connectivity index (χ0) is 38.3. The van der Waals surface area contributed by atoms with Crippen LogP contribution in [0.3, 0.4) is 0 Å². The van der Waals surface area contributed by atoms with Gasteiger partial charge in [-0.2, -0.15) is 0 Å². The highest BCUT2D eigenvalue weighted by Gasteiger charge is 2.55. The first-order valence-corrected chi connectivity index (χ1v) is 17.5. The van der Waals surface area contributed by atoms with Gasteiger partial charge in [0.1, 0.15) is 78.6 Å². The van der Waals surface area contributed by atoms with E-state index in [4.69, 9.17) is 76.0 Å². The molecule has 5 fully saturated rings. The Bertz CT molecular complexity index is 1330. The maximum Gasteiger partial charge on any atom is 0.187 e. The van der Waals surface area contributed by atoms with Crippen LogP contribution in [0.1, 0.15) is 18.3 Å². The average molecular weight is 764 g/mol.